The van der Waals surface area contributed by atoms with Gasteiger partial charge in [0.2, 0.25) is 0 Å². The lowest BCUT2D eigenvalue weighted by atomic mass is 9.97. The molecule has 1 aliphatic heterocycles. The molecule has 0 aromatic heterocycles. The van der Waals surface area contributed by atoms with Gasteiger partial charge in [0, 0.05) is 11.1 Å². The van der Waals surface area contributed by atoms with Crippen molar-refractivity contribution in [2.24, 2.45) is 5.92 Å². The predicted molar refractivity (Wildman–Crippen MR) is 74.0 cm³/mol. The molecule has 0 amide bonds. The first-order chi connectivity index (χ1) is 8.34. The van der Waals surface area contributed by atoms with E-state index in [1.54, 1.807) is 0 Å². The Morgan fingerprint density at radius 1 is 1.29 bits per heavy atom. The van der Waals surface area contributed by atoms with Crippen LogP contribution in [0.3, 0.4) is 0 Å². The van der Waals surface area contributed by atoms with E-state index in [0.29, 0.717) is 0 Å². The van der Waals surface area contributed by atoms with Crippen LogP contribution in [0.2, 0.25) is 0 Å². The van der Waals surface area contributed by atoms with Crippen LogP contribution < -0.4 is 5.32 Å². The highest BCUT2D eigenvalue weighted by atomic mass is 79.9. The Morgan fingerprint density at radius 3 is 2.82 bits per heavy atom. The van der Waals surface area contributed by atoms with Gasteiger partial charge < -0.3 is 10.1 Å². The van der Waals surface area contributed by atoms with Crippen molar-refractivity contribution >= 4 is 15.9 Å². The van der Waals surface area contributed by atoms with Gasteiger partial charge in [0.25, 0.3) is 0 Å². The average molecular weight is 298 g/mol. The normalized spacial score (nSPS) is 20.4. The zero-order chi connectivity index (χ0) is 11.9. The van der Waals surface area contributed by atoms with Gasteiger partial charge in [0.15, 0.2) is 0 Å². The van der Waals surface area contributed by atoms with E-state index in [1.165, 1.54) is 37.9 Å². The third-order valence-electron chi connectivity index (χ3n) is 3.25. The van der Waals surface area contributed by atoms with E-state index in [2.05, 4.69) is 45.5 Å². The predicted octanol–water partition coefficient (Wildman–Crippen LogP) is 3.36. The van der Waals surface area contributed by atoms with Gasteiger partial charge in [-0.25, -0.2) is 0 Å². The molecule has 1 N–H and O–H groups in total. The van der Waals surface area contributed by atoms with Gasteiger partial charge in [-0.15, -0.1) is 0 Å². The molecule has 0 aliphatic carbocycles. The monoisotopic (exact) mass is 297 g/mol. The number of rotatable bonds is 5. The summed E-state index contributed by atoms with van der Waals surface area (Å²) in [5, 5.41) is 3.44. The van der Waals surface area contributed by atoms with Gasteiger partial charge in [0.1, 0.15) is 0 Å². The Bertz CT molecular complexity index is 319. The maximum Gasteiger partial charge on any atom is 0.0716 e. The van der Waals surface area contributed by atoms with E-state index < -0.39 is 0 Å². The number of piperidine rings is 1. The molecule has 0 radical (unpaired) electrons. The van der Waals surface area contributed by atoms with Crippen LogP contribution in [0.5, 0.6) is 0 Å². The molecule has 0 spiro atoms. The summed E-state index contributed by atoms with van der Waals surface area (Å²) in [4.78, 5) is 0. The van der Waals surface area contributed by atoms with Crippen LogP contribution in [0.15, 0.2) is 28.7 Å². The minimum absolute atomic E-state index is 0.730. The quantitative estimate of drug-likeness (QED) is 0.842. The van der Waals surface area contributed by atoms with E-state index >= 15 is 0 Å². The topological polar surface area (TPSA) is 21.3 Å². The van der Waals surface area contributed by atoms with Crippen LogP contribution in [-0.2, 0) is 11.3 Å². The van der Waals surface area contributed by atoms with E-state index in [4.69, 9.17) is 4.74 Å². The molecule has 1 fully saturated rings. The van der Waals surface area contributed by atoms with Crippen molar-refractivity contribution in [1.29, 1.82) is 0 Å². The summed E-state index contributed by atoms with van der Waals surface area (Å²) in [6, 6.07) is 8.33. The molecule has 0 bridgehead atoms. The fourth-order valence-electron chi connectivity index (χ4n) is 2.19. The van der Waals surface area contributed by atoms with E-state index in [1.807, 2.05) is 0 Å². The summed E-state index contributed by atoms with van der Waals surface area (Å²) < 4.78 is 6.84. The number of nitrogens with one attached hydrogen (secondary N) is 1. The molecule has 94 valence electrons. The minimum Gasteiger partial charge on any atom is -0.377 e. The van der Waals surface area contributed by atoms with Crippen LogP contribution >= 0.6 is 15.9 Å². The van der Waals surface area contributed by atoms with Gasteiger partial charge >= 0.3 is 0 Å². The first-order valence-electron chi connectivity index (χ1n) is 6.37. The van der Waals surface area contributed by atoms with E-state index in [9.17, 15) is 0 Å². The van der Waals surface area contributed by atoms with Crippen LogP contribution in [0.4, 0.5) is 0 Å². The largest absolute Gasteiger partial charge is 0.377 e. The van der Waals surface area contributed by atoms with Crippen LogP contribution in [0.1, 0.15) is 24.8 Å². The Morgan fingerprint density at radius 2 is 2.12 bits per heavy atom. The lowest BCUT2D eigenvalue weighted by Crippen LogP contribution is -2.30. The summed E-state index contributed by atoms with van der Waals surface area (Å²) in [7, 11) is 0. The molecule has 3 heteroatoms. The number of hydrogen-bond acceptors (Lipinski definition) is 2. The molecule has 1 aromatic rings. The fraction of sp³-hybridized carbons (Fsp3) is 0.571. The second-order valence-electron chi connectivity index (χ2n) is 4.68. The SMILES string of the molecule is Brc1ccc(COCCC2CCCNC2)cc1. The first-order valence-corrected chi connectivity index (χ1v) is 7.17. The maximum atomic E-state index is 5.72. The summed E-state index contributed by atoms with van der Waals surface area (Å²) in [6.07, 6.45) is 3.86. The Balaban J connectivity index is 1.60. The molecule has 1 aliphatic rings. The van der Waals surface area contributed by atoms with Gasteiger partial charge in [0.05, 0.1) is 6.61 Å². The molecule has 2 rings (SSSR count). The molecule has 1 heterocycles. The zero-order valence-electron chi connectivity index (χ0n) is 10.1. The lowest BCUT2D eigenvalue weighted by molar-refractivity contribution is 0.103. The van der Waals surface area contributed by atoms with Gasteiger partial charge in [-0.05, 0) is 56.0 Å². The molecule has 0 saturated carbocycles. The summed E-state index contributed by atoms with van der Waals surface area (Å²) in [5.74, 6) is 0.814. The summed E-state index contributed by atoms with van der Waals surface area (Å²) in [5.41, 5.74) is 1.25. The van der Waals surface area contributed by atoms with Crippen LogP contribution in [-0.4, -0.2) is 19.7 Å². The van der Waals surface area contributed by atoms with Gasteiger partial charge in [-0.3, -0.25) is 0 Å². The second kappa shape index (κ2) is 7.14. The third kappa shape index (κ3) is 4.78. The summed E-state index contributed by atoms with van der Waals surface area (Å²) in [6.45, 7) is 3.97. The van der Waals surface area contributed by atoms with Crippen LogP contribution in [0, 0.1) is 5.92 Å². The third-order valence-corrected chi connectivity index (χ3v) is 3.78. The molecular formula is C14H20BrNO. The van der Waals surface area contributed by atoms with E-state index in [-0.39, 0.29) is 0 Å². The standard InChI is InChI=1S/C14H20BrNO/c15-14-5-3-13(4-6-14)11-17-9-7-12-2-1-8-16-10-12/h3-6,12,16H,1-2,7-11H2. The van der Waals surface area contributed by atoms with Crippen molar-refractivity contribution in [1.82, 2.24) is 5.32 Å². The number of halogens is 1. The Labute approximate surface area is 112 Å². The highest BCUT2D eigenvalue weighted by Gasteiger charge is 2.12. The molecule has 17 heavy (non-hydrogen) atoms. The van der Waals surface area contributed by atoms with Crippen molar-refractivity contribution in [3.63, 3.8) is 0 Å². The number of benzene rings is 1. The average Bonchev–Trinajstić information content (AvgIpc) is 2.38. The van der Waals surface area contributed by atoms with Crippen molar-refractivity contribution in [2.75, 3.05) is 19.7 Å². The maximum absolute atomic E-state index is 5.72. The van der Waals surface area contributed by atoms with Crippen molar-refractivity contribution in [2.45, 2.75) is 25.9 Å². The smallest absolute Gasteiger partial charge is 0.0716 e. The Hall–Kier alpha value is -0.380. The van der Waals surface area contributed by atoms with Crippen molar-refractivity contribution in [3.8, 4) is 0 Å². The Kier molecular flexibility index (Phi) is 5.49. The fourth-order valence-corrected chi connectivity index (χ4v) is 2.46. The van der Waals surface area contributed by atoms with Gasteiger partial charge in [-0.1, -0.05) is 28.1 Å². The van der Waals surface area contributed by atoms with Gasteiger partial charge in [-0.2, -0.15) is 0 Å². The molecule has 1 saturated heterocycles. The molecule has 1 unspecified atom stereocenters. The minimum atomic E-state index is 0.730. The number of hydrogen-bond donors (Lipinski definition) is 1. The zero-order valence-corrected chi connectivity index (χ0v) is 11.7. The van der Waals surface area contributed by atoms with Crippen molar-refractivity contribution < 1.29 is 4.74 Å². The molecular weight excluding hydrogens is 278 g/mol. The van der Waals surface area contributed by atoms with E-state index in [0.717, 1.165) is 23.6 Å². The highest BCUT2D eigenvalue weighted by molar-refractivity contribution is 9.10. The lowest BCUT2D eigenvalue weighted by Gasteiger charge is -2.22. The second-order valence-corrected chi connectivity index (χ2v) is 5.60. The molecule has 2 nitrogen and oxygen atoms in total. The highest BCUT2D eigenvalue weighted by Crippen LogP contribution is 2.15. The number of ether oxygens (including phenoxy) is 1. The molecule has 1 atom stereocenters. The van der Waals surface area contributed by atoms with Crippen molar-refractivity contribution in [3.05, 3.63) is 34.3 Å². The molecule has 1 aromatic carbocycles. The van der Waals surface area contributed by atoms with Crippen LogP contribution in [0.25, 0.3) is 0 Å². The summed E-state index contributed by atoms with van der Waals surface area (Å²) >= 11 is 3.43. The first kappa shape index (κ1) is 13.1.